The predicted octanol–water partition coefficient (Wildman–Crippen LogP) is 1.93. The largest absolute Gasteiger partial charge is 0.348 e. The van der Waals surface area contributed by atoms with E-state index in [1.54, 1.807) is 0 Å². The van der Waals surface area contributed by atoms with E-state index in [4.69, 9.17) is 0 Å². The van der Waals surface area contributed by atoms with Crippen molar-refractivity contribution in [3.63, 3.8) is 0 Å². The molecule has 1 fully saturated rings. The molecule has 0 bridgehead atoms. The van der Waals surface area contributed by atoms with Crippen molar-refractivity contribution in [2.75, 3.05) is 13.1 Å². The fraction of sp³-hybridized carbons (Fsp3) is 0.400. The lowest BCUT2D eigenvalue weighted by Gasteiger charge is -2.32. The SMILES string of the molecule is CC(C)c1ccc(C(=O)N2CCC(NC(=O)c3ccc(=O)[nH]n3)CC2)cc1. The van der Waals surface area contributed by atoms with Gasteiger partial charge < -0.3 is 10.2 Å². The van der Waals surface area contributed by atoms with Gasteiger partial charge in [0.25, 0.3) is 17.4 Å². The molecule has 7 heteroatoms. The molecule has 142 valence electrons. The van der Waals surface area contributed by atoms with Crippen LogP contribution in [0.15, 0.2) is 41.2 Å². The predicted molar refractivity (Wildman–Crippen MR) is 102 cm³/mol. The average Bonchev–Trinajstić information content (AvgIpc) is 2.68. The molecule has 2 heterocycles. The van der Waals surface area contributed by atoms with Crippen molar-refractivity contribution < 1.29 is 9.59 Å². The Balaban J connectivity index is 1.53. The maximum Gasteiger partial charge on any atom is 0.271 e. The highest BCUT2D eigenvalue weighted by Gasteiger charge is 2.25. The Morgan fingerprint density at radius 3 is 2.33 bits per heavy atom. The quantitative estimate of drug-likeness (QED) is 0.862. The summed E-state index contributed by atoms with van der Waals surface area (Å²) in [4.78, 5) is 37.7. The van der Waals surface area contributed by atoms with Crippen molar-refractivity contribution in [1.29, 1.82) is 0 Å². The first-order valence-corrected chi connectivity index (χ1v) is 9.20. The zero-order valence-corrected chi connectivity index (χ0v) is 15.6. The molecule has 0 atom stereocenters. The standard InChI is InChI=1S/C20H24N4O3/c1-13(2)14-3-5-15(6-4-14)20(27)24-11-9-16(10-12-24)21-19(26)17-7-8-18(25)23-22-17/h3-8,13,16H,9-12H2,1-2H3,(H,21,26)(H,23,25). The van der Waals surface area contributed by atoms with Crippen molar-refractivity contribution >= 4 is 11.8 Å². The average molecular weight is 368 g/mol. The fourth-order valence-electron chi connectivity index (χ4n) is 3.15. The first-order valence-electron chi connectivity index (χ1n) is 9.20. The number of nitrogens with zero attached hydrogens (tertiary/aromatic N) is 2. The number of aromatic amines is 1. The van der Waals surface area contributed by atoms with Crippen LogP contribution in [0.25, 0.3) is 0 Å². The molecule has 0 saturated carbocycles. The molecule has 1 aromatic heterocycles. The van der Waals surface area contributed by atoms with Gasteiger partial charge >= 0.3 is 0 Å². The van der Waals surface area contributed by atoms with Crippen molar-refractivity contribution in [3.8, 4) is 0 Å². The van der Waals surface area contributed by atoms with E-state index in [9.17, 15) is 14.4 Å². The zero-order valence-electron chi connectivity index (χ0n) is 15.6. The fourth-order valence-corrected chi connectivity index (χ4v) is 3.15. The van der Waals surface area contributed by atoms with Crippen LogP contribution >= 0.6 is 0 Å². The summed E-state index contributed by atoms with van der Waals surface area (Å²) in [5.74, 6) is 0.142. The molecule has 1 aromatic carbocycles. The summed E-state index contributed by atoms with van der Waals surface area (Å²) in [7, 11) is 0. The zero-order chi connectivity index (χ0) is 19.4. The number of carbonyl (C=O) groups is 2. The van der Waals surface area contributed by atoms with Crippen molar-refractivity contribution in [2.45, 2.75) is 38.6 Å². The highest BCUT2D eigenvalue weighted by molar-refractivity contribution is 5.94. The summed E-state index contributed by atoms with van der Waals surface area (Å²) in [5, 5.41) is 8.89. The Morgan fingerprint density at radius 2 is 1.78 bits per heavy atom. The summed E-state index contributed by atoms with van der Waals surface area (Å²) < 4.78 is 0. The number of aromatic nitrogens is 2. The molecule has 1 aliphatic heterocycles. The Morgan fingerprint density at radius 1 is 1.11 bits per heavy atom. The number of carbonyl (C=O) groups excluding carboxylic acids is 2. The lowest BCUT2D eigenvalue weighted by atomic mass is 10.0. The second-order valence-electron chi connectivity index (χ2n) is 7.12. The summed E-state index contributed by atoms with van der Waals surface area (Å²) in [5.41, 5.74) is 1.74. The van der Waals surface area contributed by atoms with Crippen LogP contribution in [-0.4, -0.2) is 46.0 Å². The van der Waals surface area contributed by atoms with E-state index in [1.165, 1.54) is 17.7 Å². The number of benzene rings is 1. The topological polar surface area (TPSA) is 95.2 Å². The van der Waals surface area contributed by atoms with Crippen LogP contribution in [0.3, 0.4) is 0 Å². The monoisotopic (exact) mass is 368 g/mol. The second kappa shape index (κ2) is 8.16. The number of piperidine rings is 1. The number of H-pyrrole nitrogens is 1. The van der Waals surface area contributed by atoms with E-state index in [0.29, 0.717) is 37.4 Å². The Labute approximate surface area is 157 Å². The molecule has 2 amide bonds. The van der Waals surface area contributed by atoms with Crippen LogP contribution in [0.2, 0.25) is 0 Å². The Bertz CT molecular complexity index is 845. The van der Waals surface area contributed by atoms with Gasteiger partial charge in [-0.3, -0.25) is 14.4 Å². The molecule has 1 aliphatic rings. The van der Waals surface area contributed by atoms with Crippen LogP contribution in [0.4, 0.5) is 0 Å². The normalized spacial score (nSPS) is 15.0. The maximum absolute atomic E-state index is 12.7. The van der Waals surface area contributed by atoms with Crippen molar-refractivity contribution in [3.05, 3.63) is 63.6 Å². The van der Waals surface area contributed by atoms with E-state index in [0.717, 1.165) is 0 Å². The highest BCUT2D eigenvalue weighted by Crippen LogP contribution is 2.18. The number of rotatable bonds is 4. The minimum absolute atomic E-state index is 0.0152. The first kappa shape index (κ1) is 18.8. The third-order valence-corrected chi connectivity index (χ3v) is 4.85. The summed E-state index contributed by atoms with van der Waals surface area (Å²) in [6.07, 6.45) is 1.37. The minimum atomic E-state index is -0.347. The Kier molecular flexibility index (Phi) is 5.69. The smallest absolute Gasteiger partial charge is 0.271 e. The van der Waals surface area contributed by atoms with Crippen LogP contribution in [-0.2, 0) is 0 Å². The molecule has 2 aromatic rings. The van der Waals surface area contributed by atoms with Crippen LogP contribution in [0.1, 0.15) is 59.0 Å². The van der Waals surface area contributed by atoms with E-state index >= 15 is 0 Å². The summed E-state index contributed by atoms with van der Waals surface area (Å²) >= 11 is 0. The second-order valence-corrected chi connectivity index (χ2v) is 7.12. The number of likely N-dealkylation sites (tertiary alicyclic amines) is 1. The lowest BCUT2D eigenvalue weighted by molar-refractivity contribution is 0.0697. The number of hydrogen-bond acceptors (Lipinski definition) is 4. The van der Waals surface area contributed by atoms with E-state index < -0.39 is 0 Å². The van der Waals surface area contributed by atoms with Gasteiger partial charge in [-0.05, 0) is 42.5 Å². The summed E-state index contributed by atoms with van der Waals surface area (Å²) in [6, 6.07) is 10.4. The highest BCUT2D eigenvalue weighted by atomic mass is 16.2. The molecule has 0 spiro atoms. The van der Waals surface area contributed by atoms with E-state index in [1.807, 2.05) is 29.2 Å². The van der Waals surface area contributed by atoms with Gasteiger partial charge in [-0.1, -0.05) is 26.0 Å². The molecular weight excluding hydrogens is 344 g/mol. The molecule has 1 saturated heterocycles. The van der Waals surface area contributed by atoms with Gasteiger partial charge in [0.2, 0.25) is 0 Å². The molecule has 7 nitrogen and oxygen atoms in total. The van der Waals surface area contributed by atoms with E-state index in [-0.39, 0.29) is 29.1 Å². The number of amides is 2. The molecule has 0 aliphatic carbocycles. The van der Waals surface area contributed by atoms with Gasteiger partial charge in [0, 0.05) is 30.8 Å². The Hall–Kier alpha value is -2.96. The minimum Gasteiger partial charge on any atom is -0.348 e. The molecule has 0 radical (unpaired) electrons. The van der Waals surface area contributed by atoms with Crippen molar-refractivity contribution in [2.24, 2.45) is 0 Å². The molecular formula is C20H24N4O3. The van der Waals surface area contributed by atoms with E-state index in [2.05, 4.69) is 29.4 Å². The number of nitrogens with one attached hydrogen (secondary N) is 2. The molecule has 3 rings (SSSR count). The van der Waals surface area contributed by atoms with Crippen LogP contribution in [0, 0.1) is 0 Å². The van der Waals surface area contributed by atoms with Gasteiger partial charge in [0.1, 0.15) is 5.69 Å². The van der Waals surface area contributed by atoms with Crippen molar-refractivity contribution in [1.82, 2.24) is 20.4 Å². The third kappa shape index (κ3) is 4.61. The van der Waals surface area contributed by atoms with Gasteiger partial charge in [-0.25, -0.2) is 5.10 Å². The van der Waals surface area contributed by atoms with Gasteiger partial charge in [0.15, 0.2) is 0 Å². The molecule has 27 heavy (non-hydrogen) atoms. The lowest BCUT2D eigenvalue weighted by Crippen LogP contribution is -2.46. The van der Waals surface area contributed by atoms with Gasteiger partial charge in [-0.15, -0.1) is 0 Å². The molecule has 2 N–H and O–H groups in total. The van der Waals surface area contributed by atoms with Crippen LogP contribution in [0.5, 0.6) is 0 Å². The third-order valence-electron chi connectivity index (χ3n) is 4.85. The number of hydrogen-bond donors (Lipinski definition) is 2. The first-order chi connectivity index (χ1) is 12.9. The summed E-state index contributed by atoms with van der Waals surface area (Å²) in [6.45, 7) is 5.43. The molecule has 0 unspecified atom stereocenters. The van der Waals surface area contributed by atoms with Gasteiger partial charge in [0.05, 0.1) is 0 Å². The van der Waals surface area contributed by atoms with Gasteiger partial charge in [-0.2, -0.15) is 5.10 Å². The van der Waals surface area contributed by atoms with Crippen LogP contribution < -0.4 is 10.9 Å². The maximum atomic E-state index is 12.7.